The summed E-state index contributed by atoms with van der Waals surface area (Å²) in [6.45, 7) is 2.36. The number of hydrogen-bond donors (Lipinski definition) is 0. The van der Waals surface area contributed by atoms with E-state index in [0.717, 1.165) is 6.07 Å². The quantitative estimate of drug-likeness (QED) is 0.662. The molecule has 1 saturated heterocycles. The van der Waals surface area contributed by atoms with Crippen LogP contribution >= 0.6 is 0 Å². The SMILES string of the molecule is Cc1noc2nc(C3CCN(C(=O)c4ccncc4)CC3)cc(C(F)(F)F)c12. The predicted molar refractivity (Wildman–Crippen MR) is 93.7 cm³/mol. The molecule has 0 saturated carbocycles. The molecule has 1 fully saturated rings. The first-order valence-corrected chi connectivity index (χ1v) is 8.88. The minimum Gasteiger partial charge on any atom is -0.339 e. The number of amides is 1. The Kier molecular flexibility index (Phi) is 4.52. The van der Waals surface area contributed by atoms with E-state index in [-0.39, 0.29) is 28.6 Å². The van der Waals surface area contributed by atoms with E-state index in [0.29, 0.717) is 37.2 Å². The highest BCUT2D eigenvalue weighted by Crippen LogP contribution is 2.38. The summed E-state index contributed by atoms with van der Waals surface area (Å²) in [4.78, 5) is 22.4. The van der Waals surface area contributed by atoms with Crippen molar-refractivity contribution in [3.8, 4) is 0 Å². The molecule has 0 radical (unpaired) electrons. The lowest BCUT2D eigenvalue weighted by Crippen LogP contribution is -2.38. The summed E-state index contributed by atoms with van der Waals surface area (Å²) in [5.74, 6) is -0.288. The molecule has 4 heterocycles. The summed E-state index contributed by atoms with van der Waals surface area (Å²) in [5, 5.41) is 3.53. The van der Waals surface area contributed by atoms with E-state index in [1.807, 2.05) is 0 Å². The maximum absolute atomic E-state index is 13.5. The number of piperidine rings is 1. The predicted octanol–water partition coefficient (Wildman–Crippen LogP) is 3.96. The number of hydrogen-bond acceptors (Lipinski definition) is 5. The van der Waals surface area contributed by atoms with Gasteiger partial charge in [0.1, 0.15) is 0 Å². The number of halogens is 3. The molecule has 0 bridgehead atoms. The van der Waals surface area contributed by atoms with Crippen LogP contribution in [-0.4, -0.2) is 39.0 Å². The fourth-order valence-corrected chi connectivity index (χ4v) is 3.60. The van der Waals surface area contributed by atoms with Crippen LogP contribution in [0.5, 0.6) is 0 Å². The van der Waals surface area contributed by atoms with Gasteiger partial charge < -0.3 is 9.42 Å². The van der Waals surface area contributed by atoms with E-state index in [4.69, 9.17) is 4.52 Å². The van der Waals surface area contributed by atoms with Gasteiger partial charge in [-0.25, -0.2) is 4.98 Å². The number of carbonyl (C=O) groups excluding carboxylic acids is 1. The summed E-state index contributed by atoms with van der Waals surface area (Å²) in [6, 6.07) is 4.38. The molecule has 0 spiro atoms. The Balaban J connectivity index is 1.57. The second-order valence-electron chi connectivity index (χ2n) is 6.84. The summed E-state index contributed by atoms with van der Waals surface area (Å²) < 4.78 is 45.6. The Morgan fingerprint density at radius 2 is 1.89 bits per heavy atom. The Hall–Kier alpha value is -2.97. The average molecular weight is 390 g/mol. The number of carbonyl (C=O) groups is 1. The monoisotopic (exact) mass is 390 g/mol. The topological polar surface area (TPSA) is 72.1 Å². The second-order valence-corrected chi connectivity index (χ2v) is 6.84. The molecule has 0 unspecified atom stereocenters. The summed E-state index contributed by atoms with van der Waals surface area (Å²) in [7, 11) is 0. The third kappa shape index (κ3) is 3.32. The van der Waals surface area contributed by atoms with Crippen LogP contribution in [0.2, 0.25) is 0 Å². The number of alkyl halides is 3. The molecule has 0 N–H and O–H groups in total. The van der Waals surface area contributed by atoms with E-state index in [9.17, 15) is 18.0 Å². The van der Waals surface area contributed by atoms with Crippen molar-refractivity contribution >= 4 is 17.0 Å². The highest BCUT2D eigenvalue weighted by molar-refractivity contribution is 5.94. The molecule has 6 nitrogen and oxygen atoms in total. The van der Waals surface area contributed by atoms with E-state index in [1.54, 1.807) is 29.4 Å². The summed E-state index contributed by atoms with van der Waals surface area (Å²) >= 11 is 0. The smallest absolute Gasteiger partial charge is 0.339 e. The molecule has 28 heavy (non-hydrogen) atoms. The lowest BCUT2D eigenvalue weighted by Gasteiger charge is -2.32. The van der Waals surface area contributed by atoms with E-state index < -0.39 is 11.7 Å². The van der Waals surface area contributed by atoms with Gasteiger partial charge in [-0.05, 0) is 38.0 Å². The second kappa shape index (κ2) is 6.88. The minimum absolute atomic E-state index is 0.0958. The Bertz CT molecular complexity index is 1010. The van der Waals surface area contributed by atoms with Crippen LogP contribution in [0, 0.1) is 6.92 Å². The maximum Gasteiger partial charge on any atom is 0.417 e. The number of nitrogens with zero attached hydrogens (tertiary/aromatic N) is 4. The molecule has 1 aliphatic heterocycles. The van der Waals surface area contributed by atoms with Crippen molar-refractivity contribution in [2.75, 3.05) is 13.1 Å². The molecule has 1 amide bonds. The Morgan fingerprint density at radius 3 is 2.54 bits per heavy atom. The van der Waals surface area contributed by atoms with E-state index in [2.05, 4.69) is 15.1 Å². The lowest BCUT2D eigenvalue weighted by molar-refractivity contribution is -0.136. The van der Waals surface area contributed by atoms with Gasteiger partial charge in [-0.2, -0.15) is 13.2 Å². The normalized spacial score (nSPS) is 15.9. The lowest BCUT2D eigenvalue weighted by atomic mass is 9.91. The molecule has 0 aliphatic carbocycles. The van der Waals surface area contributed by atoms with Crippen molar-refractivity contribution in [3.05, 3.63) is 53.1 Å². The zero-order valence-corrected chi connectivity index (χ0v) is 15.0. The van der Waals surface area contributed by atoms with Crippen molar-refractivity contribution in [3.63, 3.8) is 0 Å². The first-order valence-electron chi connectivity index (χ1n) is 8.88. The summed E-state index contributed by atoms with van der Waals surface area (Å²) in [5.41, 5.74) is 0.162. The van der Waals surface area contributed by atoms with Gasteiger partial charge in [0.05, 0.1) is 16.6 Å². The van der Waals surface area contributed by atoms with Crippen molar-refractivity contribution in [1.29, 1.82) is 0 Å². The molecule has 0 aromatic carbocycles. The molecule has 4 rings (SSSR count). The van der Waals surface area contributed by atoms with Crippen molar-refractivity contribution < 1.29 is 22.5 Å². The van der Waals surface area contributed by atoms with Gasteiger partial charge in [0.25, 0.3) is 11.6 Å². The number of likely N-dealkylation sites (tertiary alicyclic amines) is 1. The largest absolute Gasteiger partial charge is 0.417 e. The van der Waals surface area contributed by atoms with Crippen LogP contribution in [-0.2, 0) is 6.18 Å². The zero-order valence-electron chi connectivity index (χ0n) is 15.0. The highest BCUT2D eigenvalue weighted by Gasteiger charge is 2.37. The molecule has 3 aromatic heterocycles. The fourth-order valence-electron chi connectivity index (χ4n) is 3.60. The number of aromatic nitrogens is 3. The highest BCUT2D eigenvalue weighted by atomic mass is 19.4. The molecule has 146 valence electrons. The first kappa shape index (κ1) is 18.4. The molecule has 9 heteroatoms. The Morgan fingerprint density at radius 1 is 1.21 bits per heavy atom. The van der Waals surface area contributed by atoms with Gasteiger partial charge in [0.2, 0.25) is 0 Å². The maximum atomic E-state index is 13.5. The number of aryl methyl sites for hydroxylation is 1. The minimum atomic E-state index is -4.52. The first-order chi connectivity index (χ1) is 13.3. The van der Waals surface area contributed by atoms with E-state index >= 15 is 0 Å². The summed E-state index contributed by atoms with van der Waals surface area (Å²) in [6.07, 6.45) is -0.363. The van der Waals surface area contributed by atoms with Crippen molar-refractivity contribution in [1.82, 2.24) is 20.0 Å². The van der Waals surface area contributed by atoms with E-state index in [1.165, 1.54) is 6.92 Å². The molecular formula is C19H17F3N4O2. The van der Waals surface area contributed by atoms with Gasteiger partial charge in [-0.15, -0.1) is 0 Å². The van der Waals surface area contributed by atoms with Crippen molar-refractivity contribution in [2.24, 2.45) is 0 Å². The third-order valence-electron chi connectivity index (χ3n) is 5.07. The van der Waals surface area contributed by atoms with Crippen LogP contribution < -0.4 is 0 Å². The van der Waals surface area contributed by atoms with Crippen LogP contribution in [0.15, 0.2) is 35.1 Å². The number of pyridine rings is 2. The van der Waals surface area contributed by atoms with Gasteiger partial charge in [-0.1, -0.05) is 5.16 Å². The standard InChI is InChI=1S/C19H17F3N4O2/c1-11-16-14(19(20,21)22)10-15(24-17(16)28-25-11)12-4-8-26(9-5-12)18(27)13-2-6-23-7-3-13/h2-3,6-7,10,12H,4-5,8-9H2,1H3. The zero-order chi connectivity index (χ0) is 19.9. The van der Waals surface area contributed by atoms with Crippen LogP contribution in [0.25, 0.3) is 11.1 Å². The molecule has 1 aliphatic rings. The van der Waals surface area contributed by atoms with Gasteiger partial charge >= 0.3 is 6.18 Å². The van der Waals surface area contributed by atoms with Crippen LogP contribution in [0.4, 0.5) is 13.2 Å². The molecule has 3 aromatic rings. The van der Waals surface area contributed by atoms with Crippen LogP contribution in [0.1, 0.15) is 46.1 Å². The van der Waals surface area contributed by atoms with Gasteiger partial charge in [-0.3, -0.25) is 9.78 Å². The van der Waals surface area contributed by atoms with Crippen LogP contribution in [0.3, 0.4) is 0 Å². The van der Waals surface area contributed by atoms with Gasteiger partial charge in [0.15, 0.2) is 0 Å². The van der Waals surface area contributed by atoms with Gasteiger partial charge in [0, 0.05) is 42.7 Å². The van der Waals surface area contributed by atoms with Crippen molar-refractivity contribution in [2.45, 2.75) is 31.9 Å². The average Bonchev–Trinajstić information content (AvgIpc) is 3.07. The number of rotatable bonds is 2. The fraction of sp³-hybridized carbons (Fsp3) is 0.368. The molecule has 0 atom stereocenters. The Labute approximate surface area is 158 Å². The molecular weight excluding hydrogens is 373 g/mol. The number of fused-ring (bicyclic) bond motifs is 1. The third-order valence-corrected chi connectivity index (χ3v) is 5.07.